The number of aromatic nitrogens is 5. The number of carboxylic acid groups (broad SMARTS) is 1. The first-order valence-corrected chi connectivity index (χ1v) is 9.40. The fourth-order valence-electron chi connectivity index (χ4n) is 3.32. The van der Waals surface area contributed by atoms with Crippen molar-refractivity contribution in [1.82, 2.24) is 24.8 Å². The molecule has 0 aliphatic heterocycles. The van der Waals surface area contributed by atoms with Crippen LogP contribution in [0.3, 0.4) is 0 Å². The van der Waals surface area contributed by atoms with Crippen molar-refractivity contribution in [3.05, 3.63) is 47.0 Å². The smallest absolute Gasteiger partial charge is 0.276 e. The topological polar surface area (TPSA) is 146 Å². The Morgan fingerprint density at radius 1 is 1.40 bits per heavy atom. The summed E-state index contributed by atoms with van der Waals surface area (Å²) in [5.41, 5.74) is 9.23. The molecule has 0 fully saturated rings. The van der Waals surface area contributed by atoms with E-state index in [0.29, 0.717) is 22.7 Å². The Morgan fingerprint density at radius 3 is 2.83 bits per heavy atom. The predicted octanol–water partition coefficient (Wildman–Crippen LogP) is 0.289. The zero-order valence-electron chi connectivity index (χ0n) is 16.3. The van der Waals surface area contributed by atoms with E-state index in [9.17, 15) is 4.79 Å². The van der Waals surface area contributed by atoms with Crippen LogP contribution in [0.15, 0.2) is 30.5 Å². The molecule has 4 N–H and O–H groups in total. The Labute approximate surface area is 176 Å². The third-order valence-electron chi connectivity index (χ3n) is 4.64. The number of rotatable bonds is 4. The maximum atomic E-state index is 12.6. The van der Waals surface area contributed by atoms with Crippen LogP contribution in [-0.4, -0.2) is 31.9 Å². The highest BCUT2D eigenvalue weighted by Gasteiger charge is 2.23. The Hall–Kier alpha value is -3.66. The minimum absolute atomic E-state index is 0.0923. The number of aryl methyl sites for hydroxylation is 2. The molecule has 0 aliphatic carbocycles. The van der Waals surface area contributed by atoms with Gasteiger partial charge in [-0.05, 0) is 25.1 Å². The van der Waals surface area contributed by atoms with Crippen LogP contribution in [-0.2, 0) is 24.9 Å². The van der Waals surface area contributed by atoms with E-state index in [2.05, 4.69) is 31.8 Å². The summed E-state index contributed by atoms with van der Waals surface area (Å²) in [6.07, 6.45) is 1.70. The summed E-state index contributed by atoms with van der Waals surface area (Å²) < 4.78 is 4.16. The number of benzene rings is 1. The molecule has 11 heteroatoms. The van der Waals surface area contributed by atoms with Gasteiger partial charge in [0.2, 0.25) is 0 Å². The van der Waals surface area contributed by atoms with Crippen LogP contribution < -0.4 is 20.7 Å². The van der Waals surface area contributed by atoms with Crippen LogP contribution in [0.5, 0.6) is 0 Å². The van der Waals surface area contributed by atoms with E-state index < -0.39 is 6.47 Å². The first-order chi connectivity index (χ1) is 14.4. The minimum atomic E-state index is -0.500. The third-order valence-corrected chi connectivity index (χ3v) is 4.87. The molecule has 0 spiro atoms. The van der Waals surface area contributed by atoms with Crippen LogP contribution in [0.1, 0.15) is 23.2 Å². The molecule has 4 aromatic rings. The number of nitrogens with two attached hydrogens (primary N) is 1. The van der Waals surface area contributed by atoms with Crippen LogP contribution in [0.2, 0.25) is 5.02 Å². The van der Waals surface area contributed by atoms with Gasteiger partial charge in [0.15, 0.2) is 28.2 Å². The molecule has 0 radical (unpaired) electrons. The number of fused-ring (bicyclic) bond motifs is 2. The number of hydrogen-bond acceptors (Lipinski definition) is 6. The number of hydrogen-bond donors (Lipinski definition) is 3. The standard InChI is InChI=1S/C18H18ClN7O.CH2O2/c1-3-26-13-8-10(19)4-5-12(13)25(2)14(26)9-22-18(27)15-16(20)24-17-11(23-15)6-7-21-17;2-1-3/h4-8H,3,9H2,1-2H3,(H3-,20,21,22,23,24,27);1H,(H,2,3). The number of carbonyl (C=O) groups excluding carboxylic acids is 2. The van der Waals surface area contributed by atoms with Crippen molar-refractivity contribution in [2.75, 3.05) is 5.73 Å². The lowest BCUT2D eigenvalue weighted by Gasteiger charge is -2.06. The summed E-state index contributed by atoms with van der Waals surface area (Å²) in [4.78, 5) is 32.3. The average molecular weight is 430 g/mol. The van der Waals surface area contributed by atoms with Crippen molar-refractivity contribution in [2.24, 2.45) is 7.05 Å². The predicted molar refractivity (Wildman–Crippen MR) is 109 cm³/mol. The van der Waals surface area contributed by atoms with Crippen molar-refractivity contribution in [1.29, 1.82) is 0 Å². The molecule has 0 saturated carbocycles. The van der Waals surface area contributed by atoms with Crippen molar-refractivity contribution in [3.63, 3.8) is 0 Å². The van der Waals surface area contributed by atoms with Gasteiger partial charge in [-0.1, -0.05) is 11.6 Å². The summed E-state index contributed by atoms with van der Waals surface area (Å²) in [6, 6.07) is 7.50. The molecule has 0 bridgehead atoms. The molecule has 30 heavy (non-hydrogen) atoms. The van der Waals surface area contributed by atoms with E-state index in [1.54, 1.807) is 12.3 Å². The summed E-state index contributed by atoms with van der Waals surface area (Å²) in [5.74, 6) is 0.668. The fourth-order valence-corrected chi connectivity index (χ4v) is 3.48. The number of aromatic amines is 1. The first-order valence-electron chi connectivity index (χ1n) is 9.02. The second-order valence-electron chi connectivity index (χ2n) is 6.30. The number of anilines is 1. The number of carbonyl (C=O) groups is 2. The van der Waals surface area contributed by atoms with Gasteiger partial charge in [0.1, 0.15) is 12.1 Å². The van der Waals surface area contributed by atoms with E-state index in [0.717, 1.165) is 23.4 Å². The molecular weight excluding hydrogens is 410 g/mol. The van der Waals surface area contributed by atoms with Crippen molar-refractivity contribution in [2.45, 2.75) is 20.0 Å². The van der Waals surface area contributed by atoms with E-state index in [-0.39, 0.29) is 17.4 Å². The molecule has 156 valence electrons. The zero-order valence-corrected chi connectivity index (χ0v) is 17.1. The average Bonchev–Trinajstić information content (AvgIpc) is 3.27. The number of halogens is 1. The molecule has 0 saturated heterocycles. The fraction of sp³-hybridized carbons (Fsp3) is 0.211. The molecule has 0 atom stereocenters. The van der Waals surface area contributed by atoms with Gasteiger partial charge in [-0.3, -0.25) is 4.79 Å². The summed E-state index contributed by atoms with van der Waals surface area (Å²) in [7, 11) is 1.96. The van der Waals surface area contributed by atoms with Crippen molar-refractivity contribution < 1.29 is 19.3 Å². The molecule has 3 heterocycles. The number of H-pyrrole nitrogens is 1. The lowest BCUT2D eigenvalue weighted by molar-refractivity contribution is -0.654. The summed E-state index contributed by atoms with van der Waals surface area (Å²) >= 11 is 6.15. The molecule has 10 nitrogen and oxygen atoms in total. The second kappa shape index (κ2) is 8.78. The minimum Gasteiger partial charge on any atom is -0.554 e. The highest BCUT2D eigenvalue weighted by atomic mass is 35.5. The monoisotopic (exact) mass is 429 g/mol. The highest BCUT2D eigenvalue weighted by molar-refractivity contribution is 6.31. The van der Waals surface area contributed by atoms with Gasteiger partial charge in [-0.2, -0.15) is 0 Å². The van der Waals surface area contributed by atoms with Gasteiger partial charge in [0.05, 0.1) is 13.6 Å². The molecule has 0 unspecified atom stereocenters. The maximum absolute atomic E-state index is 12.6. The number of nitrogens with one attached hydrogen (secondary N) is 2. The van der Waals surface area contributed by atoms with Crippen molar-refractivity contribution in [3.8, 4) is 0 Å². The Kier molecular flexibility index (Phi) is 6.17. The van der Waals surface area contributed by atoms with Gasteiger partial charge in [0.25, 0.3) is 11.7 Å². The first kappa shape index (κ1) is 21.1. The zero-order chi connectivity index (χ0) is 21.8. The molecule has 1 aromatic carbocycles. The number of nitrogen functional groups attached to an aromatic ring is 1. The van der Waals surface area contributed by atoms with Crippen LogP contribution in [0, 0.1) is 0 Å². The second-order valence-corrected chi connectivity index (χ2v) is 6.74. The van der Waals surface area contributed by atoms with E-state index in [4.69, 9.17) is 27.2 Å². The summed E-state index contributed by atoms with van der Waals surface area (Å²) in [5, 5.41) is 11.8. The number of nitrogens with zero attached hydrogens (tertiary/aromatic N) is 4. The lowest BCUT2D eigenvalue weighted by Crippen LogP contribution is -2.38. The van der Waals surface area contributed by atoms with E-state index in [1.165, 1.54) is 0 Å². The third kappa shape index (κ3) is 3.90. The largest absolute Gasteiger partial charge is 0.554 e. The number of amides is 1. The Morgan fingerprint density at radius 2 is 2.13 bits per heavy atom. The SMILES string of the molecule is CCn1c(CNC(=O)c2nc3cc[nH]c3nc2N)[n+](C)c2ccc(Cl)cc21.O=C[O-]. The van der Waals surface area contributed by atoms with Gasteiger partial charge >= 0.3 is 0 Å². The summed E-state index contributed by atoms with van der Waals surface area (Å²) in [6.45, 7) is 2.62. The lowest BCUT2D eigenvalue weighted by atomic mass is 10.3. The quantitative estimate of drug-likeness (QED) is 0.314. The van der Waals surface area contributed by atoms with Crippen LogP contribution >= 0.6 is 11.6 Å². The highest BCUT2D eigenvalue weighted by Crippen LogP contribution is 2.19. The number of imidazole rings is 1. The van der Waals surface area contributed by atoms with Gasteiger partial charge in [-0.25, -0.2) is 19.1 Å². The maximum Gasteiger partial charge on any atom is 0.276 e. The van der Waals surface area contributed by atoms with Gasteiger partial charge < -0.3 is 25.9 Å². The molecule has 3 aromatic heterocycles. The molecular formula is C19H20ClN7O3. The normalized spacial score (nSPS) is 10.6. The van der Waals surface area contributed by atoms with Crippen LogP contribution in [0.25, 0.3) is 22.2 Å². The molecule has 0 aliphatic rings. The van der Waals surface area contributed by atoms with E-state index >= 15 is 0 Å². The van der Waals surface area contributed by atoms with Crippen LogP contribution in [0.4, 0.5) is 5.82 Å². The van der Waals surface area contributed by atoms with Gasteiger partial charge in [0, 0.05) is 23.8 Å². The van der Waals surface area contributed by atoms with E-state index in [1.807, 2.05) is 29.8 Å². The Balaban J connectivity index is 0.000000806. The molecule has 1 amide bonds. The molecule has 4 rings (SSSR count). The Bertz CT molecular complexity index is 1230. The van der Waals surface area contributed by atoms with Gasteiger partial charge in [-0.15, -0.1) is 0 Å². The van der Waals surface area contributed by atoms with Crippen molar-refractivity contribution >= 4 is 52.0 Å².